The molecule has 3 rings (SSSR count). The van der Waals surface area contributed by atoms with Gasteiger partial charge in [-0.25, -0.2) is 4.39 Å². The average Bonchev–Trinajstić information content (AvgIpc) is 3.20. The molecular weight excluding hydrogens is 381 g/mol. The number of benzene rings is 2. The molecule has 1 heterocycles. The molecule has 0 aromatic heterocycles. The second kappa shape index (κ2) is 9.38. The predicted molar refractivity (Wildman–Crippen MR) is 108 cm³/mol. The summed E-state index contributed by atoms with van der Waals surface area (Å²) in [6.07, 6.45) is 2.01. The van der Waals surface area contributed by atoms with E-state index in [2.05, 4.69) is 16.0 Å². The fraction of sp³-hybridized carbons (Fsp3) is 0.250. The summed E-state index contributed by atoms with van der Waals surface area (Å²) in [6.45, 7) is 1.20. The lowest BCUT2D eigenvalue weighted by Gasteiger charge is -2.13. The Hall–Kier alpha value is -2.84. The summed E-state index contributed by atoms with van der Waals surface area (Å²) in [5.74, 6) is -1.51. The third-order valence-corrected chi connectivity index (χ3v) is 4.45. The molecule has 146 valence electrons. The molecule has 6 nitrogen and oxygen atoms in total. The molecule has 1 atom stereocenters. The van der Waals surface area contributed by atoms with Crippen molar-refractivity contribution in [2.45, 2.75) is 18.9 Å². The summed E-state index contributed by atoms with van der Waals surface area (Å²) in [6, 6.07) is 12.3. The molecule has 0 radical (unpaired) electrons. The molecule has 28 heavy (non-hydrogen) atoms. The van der Waals surface area contributed by atoms with Gasteiger partial charge in [0.15, 0.2) is 5.11 Å². The first-order valence-corrected chi connectivity index (χ1v) is 9.30. The summed E-state index contributed by atoms with van der Waals surface area (Å²) in [7, 11) is 0. The minimum atomic E-state index is -0.652. The van der Waals surface area contributed by atoms with Gasteiger partial charge in [0.05, 0.1) is 11.7 Å². The maximum absolute atomic E-state index is 13.7. The lowest BCUT2D eigenvalue weighted by Crippen LogP contribution is -2.34. The first-order valence-electron chi connectivity index (χ1n) is 8.89. The highest BCUT2D eigenvalue weighted by atomic mass is 32.1. The zero-order valence-electron chi connectivity index (χ0n) is 15.0. The van der Waals surface area contributed by atoms with Gasteiger partial charge in [0.25, 0.3) is 11.8 Å². The largest absolute Gasteiger partial charge is 0.376 e. The number of thiocarbonyl (C=S) groups is 1. The second-order valence-electron chi connectivity index (χ2n) is 6.31. The van der Waals surface area contributed by atoms with Crippen molar-refractivity contribution >= 4 is 34.8 Å². The Morgan fingerprint density at radius 1 is 1.14 bits per heavy atom. The first kappa shape index (κ1) is 19.9. The highest BCUT2D eigenvalue weighted by molar-refractivity contribution is 7.80. The Balaban J connectivity index is 1.56. The molecule has 1 fully saturated rings. The quantitative estimate of drug-likeness (QED) is 0.672. The zero-order chi connectivity index (χ0) is 19.9. The Labute approximate surface area is 167 Å². The van der Waals surface area contributed by atoms with Gasteiger partial charge in [-0.15, -0.1) is 0 Å². The Bertz CT molecular complexity index is 885. The SMILES string of the molecule is O=C(NCC1CCCO1)c1cccc(NC(=S)NC(=O)c2ccccc2F)c1. The van der Waals surface area contributed by atoms with E-state index in [9.17, 15) is 14.0 Å². The minimum Gasteiger partial charge on any atom is -0.376 e. The Morgan fingerprint density at radius 3 is 2.71 bits per heavy atom. The van der Waals surface area contributed by atoms with Gasteiger partial charge < -0.3 is 15.4 Å². The number of carbonyl (C=O) groups is 2. The number of ether oxygens (including phenoxy) is 1. The lowest BCUT2D eigenvalue weighted by atomic mass is 10.1. The van der Waals surface area contributed by atoms with Crippen LogP contribution in [0.3, 0.4) is 0 Å². The number of nitrogens with one attached hydrogen (secondary N) is 3. The van der Waals surface area contributed by atoms with Gasteiger partial charge in [-0.2, -0.15) is 0 Å². The van der Waals surface area contributed by atoms with Crippen LogP contribution in [0.2, 0.25) is 0 Å². The molecule has 0 saturated carbocycles. The van der Waals surface area contributed by atoms with Crippen LogP contribution in [0.1, 0.15) is 33.6 Å². The standard InChI is InChI=1S/C20H20FN3O3S/c21-17-9-2-1-8-16(17)19(26)24-20(28)23-14-6-3-5-13(11-14)18(25)22-12-15-7-4-10-27-15/h1-3,5-6,8-9,11,15H,4,7,10,12H2,(H,22,25)(H2,23,24,26,28). The third-order valence-electron chi connectivity index (χ3n) is 4.24. The van der Waals surface area contributed by atoms with Crippen LogP contribution in [-0.2, 0) is 4.74 Å². The second-order valence-corrected chi connectivity index (χ2v) is 6.72. The van der Waals surface area contributed by atoms with Crippen LogP contribution in [0, 0.1) is 5.82 Å². The molecule has 1 aliphatic heterocycles. The van der Waals surface area contributed by atoms with E-state index < -0.39 is 11.7 Å². The van der Waals surface area contributed by atoms with Gasteiger partial charge >= 0.3 is 0 Å². The van der Waals surface area contributed by atoms with Gasteiger partial charge in [-0.3, -0.25) is 14.9 Å². The van der Waals surface area contributed by atoms with E-state index in [1.54, 1.807) is 30.3 Å². The van der Waals surface area contributed by atoms with E-state index in [-0.39, 0.29) is 22.7 Å². The Morgan fingerprint density at radius 2 is 1.96 bits per heavy atom. The monoisotopic (exact) mass is 401 g/mol. The molecule has 0 aliphatic carbocycles. The van der Waals surface area contributed by atoms with Crippen LogP contribution in [-0.4, -0.2) is 36.2 Å². The Kier molecular flexibility index (Phi) is 6.67. The molecule has 8 heteroatoms. The number of anilines is 1. The van der Waals surface area contributed by atoms with Gasteiger partial charge in [-0.05, 0) is 55.4 Å². The lowest BCUT2D eigenvalue weighted by molar-refractivity contribution is 0.0857. The molecule has 1 unspecified atom stereocenters. The van der Waals surface area contributed by atoms with Crippen LogP contribution in [0.25, 0.3) is 0 Å². The summed E-state index contributed by atoms with van der Waals surface area (Å²) in [5, 5.41) is 8.10. The van der Waals surface area contributed by atoms with E-state index in [4.69, 9.17) is 17.0 Å². The van der Waals surface area contributed by atoms with Crippen molar-refractivity contribution in [3.63, 3.8) is 0 Å². The van der Waals surface area contributed by atoms with E-state index >= 15 is 0 Å². The van der Waals surface area contributed by atoms with E-state index in [0.717, 1.165) is 19.4 Å². The van der Waals surface area contributed by atoms with Crippen LogP contribution in [0.5, 0.6) is 0 Å². The number of rotatable bonds is 5. The van der Waals surface area contributed by atoms with Crippen LogP contribution in [0.15, 0.2) is 48.5 Å². The van der Waals surface area contributed by atoms with Gasteiger partial charge in [0, 0.05) is 24.4 Å². The van der Waals surface area contributed by atoms with E-state index in [1.165, 1.54) is 18.2 Å². The van der Waals surface area contributed by atoms with Crippen molar-refractivity contribution in [2.24, 2.45) is 0 Å². The van der Waals surface area contributed by atoms with E-state index in [1.807, 2.05) is 0 Å². The molecule has 2 amide bonds. The number of hydrogen-bond acceptors (Lipinski definition) is 4. The first-order chi connectivity index (χ1) is 13.5. The third kappa shape index (κ3) is 5.34. The van der Waals surface area contributed by atoms with Crippen LogP contribution >= 0.6 is 12.2 Å². The van der Waals surface area contributed by atoms with Crippen LogP contribution in [0.4, 0.5) is 10.1 Å². The number of hydrogen-bond donors (Lipinski definition) is 3. The summed E-state index contributed by atoms with van der Waals surface area (Å²) in [5.41, 5.74) is 0.878. The molecule has 2 aromatic rings. The average molecular weight is 401 g/mol. The molecule has 0 spiro atoms. The molecule has 3 N–H and O–H groups in total. The number of carbonyl (C=O) groups excluding carboxylic acids is 2. The van der Waals surface area contributed by atoms with Gasteiger partial charge in [0.1, 0.15) is 5.82 Å². The summed E-state index contributed by atoms with van der Waals surface area (Å²) in [4.78, 5) is 24.4. The van der Waals surface area contributed by atoms with E-state index in [0.29, 0.717) is 17.8 Å². The fourth-order valence-corrected chi connectivity index (χ4v) is 3.04. The molecule has 0 bridgehead atoms. The zero-order valence-corrected chi connectivity index (χ0v) is 15.9. The van der Waals surface area contributed by atoms with Crippen molar-refractivity contribution in [2.75, 3.05) is 18.5 Å². The van der Waals surface area contributed by atoms with Gasteiger partial charge in [-0.1, -0.05) is 18.2 Å². The molecule has 2 aromatic carbocycles. The van der Waals surface area contributed by atoms with Crippen molar-refractivity contribution < 1.29 is 18.7 Å². The fourth-order valence-electron chi connectivity index (χ4n) is 2.83. The van der Waals surface area contributed by atoms with Gasteiger partial charge in [0.2, 0.25) is 0 Å². The molecule has 1 aliphatic rings. The normalized spacial score (nSPS) is 15.7. The maximum Gasteiger partial charge on any atom is 0.260 e. The van der Waals surface area contributed by atoms with Crippen molar-refractivity contribution in [3.05, 3.63) is 65.5 Å². The number of halogens is 1. The van der Waals surface area contributed by atoms with Crippen LogP contribution < -0.4 is 16.0 Å². The topological polar surface area (TPSA) is 79.5 Å². The highest BCUT2D eigenvalue weighted by Crippen LogP contribution is 2.13. The molecule has 1 saturated heterocycles. The molecular formula is C20H20FN3O3S. The summed E-state index contributed by atoms with van der Waals surface area (Å²) < 4.78 is 19.2. The van der Waals surface area contributed by atoms with Crippen molar-refractivity contribution in [1.29, 1.82) is 0 Å². The highest BCUT2D eigenvalue weighted by Gasteiger charge is 2.17. The smallest absolute Gasteiger partial charge is 0.260 e. The van der Waals surface area contributed by atoms with Crippen molar-refractivity contribution in [1.82, 2.24) is 10.6 Å². The maximum atomic E-state index is 13.7. The number of amides is 2. The summed E-state index contributed by atoms with van der Waals surface area (Å²) >= 11 is 5.11. The predicted octanol–water partition coefficient (Wildman–Crippen LogP) is 2.86. The van der Waals surface area contributed by atoms with Crippen molar-refractivity contribution in [3.8, 4) is 0 Å². The minimum absolute atomic E-state index is 0.00478.